The van der Waals surface area contributed by atoms with Crippen LogP contribution in [-0.4, -0.2) is 17.2 Å². The average molecular weight is 320 g/mol. The molecule has 2 unspecified atom stereocenters. The number of aromatic amines is 1. The van der Waals surface area contributed by atoms with Crippen molar-refractivity contribution in [2.75, 3.05) is 7.11 Å². The molecule has 0 bridgehead atoms. The van der Waals surface area contributed by atoms with Crippen LogP contribution in [0.2, 0.25) is 0 Å². The number of aliphatic hydroxyl groups is 1. The second kappa shape index (κ2) is 6.88. The molecule has 4 nitrogen and oxygen atoms in total. The highest BCUT2D eigenvalue weighted by Crippen LogP contribution is 2.36. The number of H-pyrrole nitrogens is 1. The van der Waals surface area contributed by atoms with E-state index in [4.69, 9.17) is 10.00 Å². The van der Waals surface area contributed by atoms with E-state index in [1.165, 1.54) is 12.7 Å². The molecule has 3 rings (SSSR count). The van der Waals surface area contributed by atoms with E-state index in [2.05, 4.69) is 36.2 Å². The zero-order valence-corrected chi connectivity index (χ0v) is 13.8. The maximum absolute atomic E-state index is 10.0. The van der Waals surface area contributed by atoms with Gasteiger partial charge < -0.3 is 14.8 Å². The first-order valence-corrected chi connectivity index (χ1v) is 7.91. The van der Waals surface area contributed by atoms with Gasteiger partial charge in [0.15, 0.2) is 6.29 Å². The fraction of sp³-hybridized carbons (Fsp3) is 0.250. The van der Waals surface area contributed by atoms with E-state index in [0.29, 0.717) is 11.3 Å². The summed E-state index contributed by atoms with van der Waals surface area (Å²) in [7, 11) is 1.47. The summed E-state index contributed by atoms with van der Waals surface area (Å²) < 4.78 is 5.03. The molecule has 0 amide bonds. The van der Waals surface area contributed by atoms with Crippen LogP contribution in [0.15, 0.2) is 54.1 Å². The summed E-state index contributed by atoms with van der Waals surface area (Å²) in [5.41, 5.74) is 5.60. The molecule has 4 heteroatoms. The first-order valence-electron chi connectivity index (χ1n) is 7.91. The van der Waals surface area contributed by atoms with Crippen LogP contribution in [0.4, 0.5) is 0 Å². The van der Waals surface area contributed by atoms with Crippen molar-refractivity contribution in [1.82, 2.24) is 4.98 Å². The van der Waals surface area contributed by atoms with E-state index in [1.807, 2.05) is 18.2 Å². The topological polar surface area (TPSA) is 69.0 Å². The van der Waals surface area contributed by atoms with E-state index in [0.717, 1.165) is 23.2 Å². The van der Waals surface area contributed by atoms with E-state index in [-0.39, 0.29) is 5.92 Å². The van der Waals surface area contributed by atoms with Crippen molar-refractivity contribution in [3.63, 3.8) is 0 Å². The van der Waals surface area contributed by atoms with Crippen LogP contribution in [-0.2, 0) is 4.74 Å². The van der Waals surface area contributed by atoms with Crippen molar-refractivity contribution < 1.29 is 9.84 Å². The van der Waals surface area contributed by atoms with E-state index in [9.17, 15) is 5.11 Å². The van der Waals surface area contributed by atoms with Gasteiger partial charge in [-0.2, -0.15) is 5.26 Å². The number of nitrogens with one attached hydrogen (secondary N) is 1. The number of hydrogen-bond acceptors (Lipinski definition) is 3. The second-order valence-corrected chi connectivity index (χ2v) is 5.98. The Morgan fingerprint density at radius 2 is 2.08 bits per heavy atom. The normalized spacial score (nSPS) is 18.1. The quantitative estimate of drug-likeness (QED) is 0.830. The van der Waals surface area contributed by atoms with E-state index < -0.39 is 6.29 Å². The summed E-state index contributed by atoms with van der Waals surface area (Å²) in [5.74, 6) is 0.220. The minimum absolute atomic E-state index is 0.220. The van der Waals surface area contributed by atoms with Crippen LogP contribution in [0, 0.1) is 11.3 Å². The molecule has 1 aliphatic carbocycles. The van der Waals surface area contributed by atoms with Gasteiger partial charge in [0.25, 0.3) is 0 Å². The van der Waals surface area contributed by atoms with Gasteiger partial charge in [-0.25, -0.2) is 0 Å². The summed E-state index contributed by atoms with van der Waals surface area (Å²) in [4.78, 5) is 3.32. The molecule has 0 saturated carbocycles. The van der Waals surface area contributed by atoms with Crippen LogP contribution in [0.1, 0.15) is 42.5 Å². The Kier molecular flexibility index (Phi) is 4.66. The Balaban J connectivity index is 2.04. The summed E-state index contributed by atoms with van der Waals surface area (Å²) in [5, 5.41) is 19.0. The van der Waals surface area contributed by atoms with Gasteiger partial charge in [-0.15, -0.1) is 0 Å². The maximum atomic E-state index is 10.0. The third-order valence-electron chi connectivity index (χ3n) is 4.34. The van der Waals surface area contributed by atoms with E-state index >= 15 is 0 Å². The van der Waals surface area contributed by atoms with E-state index in [1.54, 1.807) is 12.1 Å². The second-order valence-electron chi connectivity index (χ2n) is 5.98. The Morgan fingerprint density at radius 1 is 1.33 bits per heavy atom. The number of ether oxygens (including phenoxy) is 1. The van der Waals surface area contributed by atoms with Crippen LogP contribution >= 0.6 is 0 Å². The van der Waals surface area contributed by atoms with Crippen LogP contribution in [0.3, 0.4) is 0 Å². The lowest BCUT2D eigenvalue weighted by Gasteiger charge is -2.16. The predicted octanol–water partition coefficient (Wildman–Crippen LogP) is 4.18. The average Bonchev–Trinajstić information content (AvgIpc) is 3.07. The molecule has 1 heterocycles. The zero-order chi connectivity index (χ0) is 17.1. The standard InChI is InChI=1S/C20H20N2O2/c1-13-3-7-16(8-4-13)19-17(11-18(22-19)20(23)24-2)15-9-5-14(12-21)6-10-15/h3-7,9-11,16,20,22-23H,8H2,1-2H3. The molecule has 2 atom stereocenters. The summed E-state index contributed by atoms with van der Waals surface area (Å²) >= 11 is 0. The van der Waals surface area contributed by atoms with Gasteiger partial charge in [0.1, 0.15) is 0 Å². The number of aromatic nitrogens is 1. The highest BCUT2D eigenvalue weighted by Gasteiger charge is 2.21. The molecule has 1 aromatic heterocycles. The highest BCUT2D eigenvalue weighted by atomic mass is 16.6. The van der Waals surface area contributed by atoms with Crippen LogP contribution < -0.4 is 0 Å². The van der Waals surface area contributed by atoms with Gasteiger partial charge >= 0.3 is 0 Å². The SMILES string of the molecule is COC(O)c1cc(-c2ccc(C#N)cc2)c(C2C=CC(C)=CC2)[nH]1. The predicted molar refractivity (Wildman–Crippen MR) is 93.2 cm³/mol. The van der Waals surface area contributed by atoms with Crippen molar-refractivity contribution in [3.8, 4) is 17.2 Å². The number of methoxy groups -OCH3 is 1. The monoisotopic (exact) mass is 320 g/mol. The largest absolute Gasteiger partial charge is 0.363 e. The van der Waals surface area contributed by atoms with Crippen molar-refractivity contribution in [2.45, 2.75) is 25.6 Å². The number of nitrogens with zero attached hydrogens (tertiary/aromatic N) is 1. The fourth-order valence-corrected chi connectivity index (χ4v) is 2.95. The van der Waals surface area contributed by atoms with Crippen molar-refractivity contribution in [2.24, 2.45) is 0 Å². The Bertz CT molecular complexity index is 822. The first-order chi connectivity index (χ1) is 11.6. The maximum Gasteiger partial charge on any atom is 0.196 e. The molecule has 0 aliphatic heterocycles. The third kappa shape index (κ3) is 3.18. The molecule has 24 heavy (non-hydrogen) atoms. The molecule has 2 N–H and O–H groups in total. The highest BCUT2D eigenvalue weighted by molar-refractivity contribution is 5.69. The van der Waals surface area contributed by atoms with Gasteiger partial charge in [0, 0.05) is 24.3 Å². The lowest BCUT2D eigenvalue weighted by molar-refractivity contribution is -0.0796. The minimum Gasteiger partial charge on any atom is -0.363 e. The zero-order valence-electron chi connectivity index (χ0n) is 13.8. The van der Waals surface area contributed by atoms with Gasteiger partial charge in [0.2, 0.25) is 0 Å². The summed E-state index contributed by atoms with van der Waals surface area (Å²) in [6, 6.07) is 11.5. The molecular formula is C20H20N2O2. The smallest absolute Gasteiger partial charge is 0.196 e. The Labute approximate surface area is 141 Å². The third-order valence-corrected chi connectivity index (χ3v) is 4.34. The number of rotatable bonds is 4. The molecule has 0 saturated heterocycles. The fourth-order valence-electron chi connectivity index (χ4n) is 2.95. The number of aliphatic hydroxyl groups excluding tert-OH is 1. The number of hydrogen-bond donors (Lipinski definition) is 2. The van der Waals surface area contributed by atoms with Crippen LogP contribution in [0.5, 0.6) is 0 Å². The van der Waals surface area contributed by atoms with Crippen molar-refractivity contribution >= 4 is 0 Å². The Hall–Kier alpha value is -2.61. The van der Waals surface area contributed by atoms with Gasteiger partial charge in [-0.1, -0.05) is 35.9 Å². The van der Waals surface area contributed by atoms with Crippen molar-refractivity contribution in [1.29, 1.82) is 5.26 Å². The first kappa shape index (κ1) is 16.3. The Morgan fingerprint density at radius 3 is 2.67 bits per heavy atom. The molecular weight excluding hydrogens is 300 g/mol. The van der Waals surface area contributed by atoms with Gasteiger partial charge in [0.05, 0.1) is 17.3 Å². The van der Waals surface area contributed by atoms with Crippen molar-refractivity contribution in [3.05, 3.63) is 71.1 Å². The minimum atomic E-state index is -0.985. The van der Waals surface area contributed by atoms with Gasteiger partial charge in [-0.3, -0.25) is 0 Å². The molecule has 1 aromatic carbocycles. The molecule has 1 aliphatic rings. The summed E-state index contributed by atoms with van der Waals surface area (Å²) in [6.07, 6.45) is 6.43. The molecule has 0 fully saturated rings. The number of nitriles is 1. The molecule has 0 radical (unpaired) electrons. The lowest BCUT2D eigenvalue weighted by atomic mass is 9.90. The lowest BCUT2D eigenvalue weighted by Crippen LogP contribution is -2.03. The van der Waals surface area contributed by atoms with Gasteiger partial charge in [-0.05, 0) is 37.1 Å². The van der Waals surface area contributed by atoms with Crippen LogP contribution in [0.25, 0.3) is 11.1 Å². The molecule has 0 spiro atoms. The molecule has 2 aromatic rings. The number of benzene rings is 1. The molecule has 122 valence electrons. The number of allylic oxidation sites excluding steroid dienone is 4. The summed E-state index contributed by atoms with van der Waals surface area (Å²) in [6.45, 7) is 2.09.